The Morgan fingerprint density at radius 2 is 1.57 bits per heavy atom. The molecule has 0 saturated heterocycles. The molecule has 0 bridgehead atoms. The summed E-state index contributed by atoms with van der Waals surface area (Å²) in [5, 5.41) is 0.0393. The summed E-state index contributed by atoms with van der Waals surface area (Å²) in [5.41, 5.74) is 1.24. The second-order valence-corrected chi connectivity index (χ2v) is 11.2. The van der Waals surface area contributed by atoms with Crippen LogP contribution in [0, 0.1) is 6.92 Å². The monoisotopic (exact) mass is 513 g/mol. The van der Waals surface area contributed by atoms with Crippen LogP contribution in [0.3, 0.4) is 0 Å². The Balaban J connectivity index is 1.74. The second kappa shape index (κ2) is 8.66. The number of hydrogen-bond donors (Lipinski definition) is 1. The standard InChI is InChI=1S/C25H24ClN3O5S/c1-14-19(12-13-20(27-14)34-5)29-23(30)21-17(26)10-11-18(22(21)24(29)31)28-35(32,33)16-8-6-15(7-9-16)25(2,3)4/h6-13,28H,1-5H3. The number of sulfonamides is 1. The first-order chi connectivity index (χ1) is 16.3. The van der Waals surface area contributed by atoms with E-state index in [-0.39, 0.29) is 37.8 Å². The molecule has 0 spiro atoms. The number of ether oxygens (including phenoxy) is 1. The van der Waals surface area contributed by atoms with Gasteiger partial charge in [-0.2, -0.15) is 0 Å². The van der Waals surface area contributed by atoms with Gasteiger partial charge in [0, 0.05) is 6.07 Å². The first-order valence-corrected chi connectivity index (χ1v) is 12.6. The number of methoxy groups -OCH3 is 1. The van der Waals surface area contributed by atoms with E-state index in [2.05, 4.69) is 9.71 Å². The molecule has 0 fully saturated rings. The Labute approximate surface area is 208 Å². The van der Waals surface area contributed by atoms with E-state index in [9.17, 15) is 18.0 Å². The lowest BCUT2D eigenvalue weighted by Gasteiger charge is -2.19. The highest BCUT2D eigenvalue weighted by Gasteiger charge is 2.42. The normalized spacial score (nSPS) is 13.7. The van der Waals surface area contributed by atoms with E-state index >= 15 is 0 Å². The van der Waals surface area contributed by atoms with E-state index in [1.807, 2.05) is 20.8 Å². The van der Waals surface area contributed by atoms with Crippen LogP contribution in [0.5, 0.6) is 5.88 Å². The number of amides is 2. The molecule has 2 amide bonds. The molecular formula is C25H24ClN3O5S. The third kappa shape index (κ3) is 4.37. The molecule has 0 radical (unpaired) electrons. The number of fused-ring (bicyclic) bond motifs is 1. The molecule has 0 atom stereocenters. The molecule has 35 heavy (non-hydrogen) atoms. The Kier molecular flexibility index (Phi) is 6.11. The van der Waals surface area contributed by atoms with Gasteiger partial charge in [0.05, 0.1) is 45.2 Å². The minimum absolute atomic E-state index is 0.0260. The summed E-state index contributed by atoms with van der Waals surface area (Å²) >= 11 is 6.28. The highest BCUT2D eigenvalue weighted by Crippen LogP contribution is 2.38. The summed E-state index contributed by atoms with van der Waals surface area (Å²) in [6.45, 7) is 7.72. The zero-order valence-corrected chi connectivity index (χ0v) is 21.4. The van der Waals surface area contributed by atoms with Crippen molar-refractivity contribution in [2.75, 3.05) is 16.7 Å². The van der Waals surface area contributed by atoms with Gasteiger partial charge in [-0.3, -0.25) is 14.3 Å². The molecule has 1 aliphatic rings. The van der Waals surface area contributed by atoms with Crippen molar-refractivity contribution < 1.29 is 22.7 Å². The predicted molar refractivity (Wildman–Crippen MR) is 134 cm³/mol. The van der Waals surface area contributed by atoms with Crippen molar-refractivity contribution in [1.29, 1.82) is 0 Å². The molecule has 4 rings (SSSR count). The van der Waals surface area contributed by atoms with Gasteiger partial charge in [0.1, 0.15) is 0 Å². The molecular weight excluding hydrogens is 490 g/mol. The number of aryl methyl sites for hydroxylation is 1. The molecule has 2 heterocycles. The van der Waals surface area contributed by atoms with Gasteiger partial charge in [-0.05, 0) is 48.2 Å². The van der Waals surface area contributed by atoms with Crippen LogP contribution >= 0.6 is 11.6 Å². The SMILES string of the molecule is COc1ccc(N2C(=O)c3c(Cl)ccc(NS(=O)(=O)c4ccc(C(C)(C)C)cc4)c3C2=O)c(C)n1. The van der Waals surface area contributed by atoms with E-state index in [1.54, 1.807) is 19.1 Å². The number of anilines is 2. The van der Waals surface area contributed by atoms with Crippen LogP contribution in [0.1, 0.15) is 52.7 Å². The van der Waals surface area contributed by atoms with Crippen molar-refractivity contribution in [2.24, 2.45) is 0 Å². The van der Waals surface area contributed by atoms with Gasteiger partial charge in [-0.25, -0.2) is 18.3 Å². The van der Waals surface area contributed by atoms with Crippen molar-refractivity contribution in [3.8, 4) is 5.88 Å². The number of hydrogen-bond acceptors (Lipinski definition) is 6. The van der Waals surface area contributed by atoms with Gasteiger partial charge in [-0.1, -0.05) is 44.5 Å². The summed E-state index contributed by atoms with van der Waals surface area (Å²) in [4.78, 5) is 31.8. The van der Waals surface area contributed by atoms with E-state index in [4.69, 9.17) is 16.3 Å². The van der Waals surface area contributed by atoms with Crippen molar-refractivity contribution in [3.63, 3.8) is 0 Å². The fraction of sp³-hybridized carbons (Fsp3) is 0.240. The molecule has 2 aromatic carbocycles. The predicted octanol–water partition coefficient (Wildman–Crippen LogP) is 4.95. The lowest BCUT2D eigenvalue weighted by molar-refractivity contribution is 0.0926. The lowest BCUT2D eigenvalue weighted by Crippen LogP contribution is -2.30. The summed E-state index contributed by atoms with van der Waals surface area (Å²) in [5.74, 6) is -1.05. The van der Waals surface area contributed by atoms with Gasteiger partial charge < -0.3 is 4.74 Å². The van der Waals surface area contributed by atoms with Gasteiger partial charge in [-0.15, -0.1) is 0 Å². The summed E-state index contributed by atoms with van der Waals surface area (Å²) in [6.07, 6.45) is 0. The van der Waals surface area contributed by atoms with Crippen molar-refractivity contribution in [2.45, 2.75) is 38.0 Å². The maximum Gasteiger partial charge on any atom is 0.268 e. The number of halogens is 1. The minimum Gasteiger partial charge on any atom is -0.481 e. The van der Waals surface area contributed by atoms with Crippen LogP contribution in [0.25, 0.3) is 0 Å². The first kappa shape index (κ1) is 24.7. The molecule has 0 unspecified atom stereocenters. The number of nitrogens with one attached hydrogen (secondary N) is 1. The molecule has 0 saturated carbocycles. The molecule has 1 aliphatic heterocycles. The second-order valence-electron chi connectivity index (χ2n) is 9.13. The molecule has 3 aromatic rings. The molecule has 1 aromatic heterocycles. The maximum absolute atomic E-state index is 13.4. The highest BCUT2D eigenvalue weighted by molar-refractivity contribution is 7.92. The van der Waals surface area contributed by atoms with Crippen molar-refractivity contribution in [1.82, 2.24) is 4.98 Å². The van der Waals surface area contributed by atoms with Crippen LogP contribution in [0.2, 0.25) is 5.02 Å². The smallest absolute Gasteiger partial charge is 0.268 e. The van der Waals surface area contributed by atoms with E-state index in [0.717, 1.165) is 10.5 Å². The zero-order chi connectivity index (χ0) is 25.7. The average molecular weight is 514 g/mol. The fourth-order valence-corrected chi connectivity index (χ4v) is 5.16. The number of carbonyl (C=O) groups is 2. The zero-order valence-electron chi connectivity index (χ0n) is 19.8. The quantitative estimate of drug-likeness (QED) is 0.484. The Morgan fingerprint density at radius 1 is 0.943 bits per heavy atom. The number of carbonyl (C=O) groups excluding carboxylic acids is 2. The minimum atomic E-state index is -4.05. The first-order valence-electron chi connectivity index (χ1n) is 10.7. The fourth-order valence-electron chi connectivity index (χ4n) is 3.85. The summed E-state index contributed by atoms with van der Waals surface area (Å²) in [7, 11) is -2.60. The van der Waals surface area contributed by atoms with Crippen molar-refractivity contribution in [3.05, 3.63) is 75.9 Å². The van der Waals surface area contributed by atoms with E-state index in [1.165, 1.54) is 43.5 Å². The van der Waals surface area contributed by atoms with Crippen molar-refractivity contribution >= 4 is 44.8 Å². The topological polar surface area (TPSA) is 106 Å². The highest BCUT2D eigenvalue weighted by atomic mass is 35.5. The third-order valence-electron chi connectivity index (χ3n) is 5.75. The Hall–Kier alpha value is -3.43. The molecule has 1 N–H and O–H groups in total. The van der Waals surface area contributed by atoms with Gasteiger partial charge in [0.2, 0.25) is 5.88 Å². The van der Waals surface area contributed by atoms with Crippen LogP contribution < -0.4 is 14.4 Å². The Bertz CT molecular complexity index is 1460. The maximum atomic E-state index is 13.4. The summed E-state index contributed by atoms with van der Waals surface area (Å²) < 4.78 is 33.8. The van der Waals surface area contributed by atoms with Gasteiger partial charge >= 0.3 is 0 Å². The number of aromatic nitrogens is 1. The van der Waals surface area contributed by atoms with E-state index in [0.29, 0.717) is 11.6 Å². The number of rotatable bonds is 5. The number of nitrogens with zero attached hydrogens (tertiary/aromatic N) is 2. The van der Waals surface area contributed by atoms with Crippen LogP contribution in [-0.4, -0.2) is 32.3 Å². The van der Waals surface area contributed by atoms with E-state index < -0.39 is 21.8 Å². The molecule has 182 valence electrons. The van der Waals surface area contributed by atoms with Gasteiger partial charge in [0.15, 0.2) is 0 Å². The van der Waals surface area contributed by atoms with Crippen LogP contribution in [0.4, 0.5) is 11.4 Å². The van der Waals surface area contributed by atoms with Crippen LogP contribution in [-0.2, 0) is 15.4 Å². The lowest BCUT2D eigenvalue weighted by atomic mass is 9.87. The van der Waals surface area contributed by atoms with Gasteiger partial charge in [0.25, 0.3) is 21.8 Å². The molecule has 0 aliphatic carbocycles. The largest absolute Gasteiger partial charge is 0.481 e. The molecule has 8 nitrogen and oxygen atoms in total. The molecule has 10 heteroatoms. The Morgan fingerprint density at radius 3 is 2.14 bits per heavy atom. The summed E-state index contributed by atoms with van der Waals surface area (Å²) in [6, 6.07) is 12.3. The number of benzene rings is 2. The number of imide groups is 1. The average Bonchev–Trinajstić information content (AvgIpc) is 3.06. The van der Waals surface area contributed by atoms with Crippen LogP contribution in [0.15, 0.2) is 53.4 Å². The third-order valence-corrected chi connectivity index (χ3v) is 7.44. The number of pyridine rings is 1.